The first-order chi connectivity index (χ1) is 7.81. The minimum atomic E-state index is 0.316. The van der Waals surface area contributed by atoms with E-state index in [9.17, 15) is 0 Å². The van der Waals surface area contributed by atoms with Crippen LogP contribution in [0.5, 0.6) is 0 Å². The Labute approximate surface area is 101 Å². The van der Waals surface area contributed by atoms with Crippen LogP contribution >= 0.6 is 23.3 Å². The summed E-state index contributed by atoms with van der Waals surface area (Å²) in [7, 11) is 0. The fraction of sp³-hybridized carbons (Fsp3) is 0.222. The van der Waals surface area contributed by atoms with Crippen LogP contribution in [0.3, 0.4) is 0 Å². The van der Waals surface area contributed by atoms with Crippen molar-refractivity contribution in [2.75, 3.05) is 0 Å². The summed E-state index contributed by atoms with van der Waals surface area (Å²) in [4.78, 5) is 12.3. The SMILES string of the molecule is CCc1nsc(Sc2cnc(C#N)cn2)n1. The summed E-state index contributed by atoms with van der Waals surface area (Å²) >= 11 is 2.75. The molecule has 0 aliphatic carbocycles. The first kappa shape index (κ1) is 11.0. The van der Waals surface area contributed by atoms with Crippen molar-refractivity contribution in [3.63, 3.8) is 0 Å². The highest BCUT2D eigenvalue weighted by molar-refractivity contribution is 8.00. The van der Waals surface area contributed by atoms with E-state index in [4.69, 9.17) is 5.26 Å². The van der Waals surface area contributed by atoms with Gasteiger partial charge in [0.05, 0.1) is 12.4 Å². The lowest BCUT2D eigenvalue weighted by Gasteiger charge is -1.94. The Morgan fingerprint density at radius 1 is 1.44 bits per heavy atom. The molecule has 0 unspecified atom stereocenters. The van der Waals surface area contributed by atoms with E-state index in [1.54, 1.807) is 6.20 Å². The molecule has 7 heteroatoms. The Morgan fingerprint density at radius 3 is 2.88 bits per heavy atom. The van der Waals surface area contributed by atoms with Crippen LogP contribution in [0.4, 0.5) is 0 Å². The van der Waals surface area contributed by atoms with Crippen LogP contribution in [0.1, 0.15) is 18.4 Å². The average Bonchev–Trinajstić information content (AvgIpc) is 2.78. The van der Waals surface area contributed by atoms with Crippen molar-refractivity contribution in [3.05, 3.63) is 23.9 Å². The number of aryl methyl sites for hydroxylation is 1. The molecular formula is C9H7N5S2. The van der Waals surface area contributed by atoms with E-state index in [1.807, 2.05) is 13.0 Å². The van der Waals surface area contributed by atoms with Gasteiger partial charge in [0.25, 0.3) is 0 Å². The standard InChI is InChI=1S/C9H7N5S2/c1-2-7-13-9(16-14-7)15-8-5-11-6(3-10)4-12-8/h4-5H,2H2,1H3. The second kappa shape index (κ2) is 5.01. The smallest absolute Gasteiger partial charge is 0.176 e. The summed E-state index contributed by atoms with van der Waals surface area (Å²) in [6.45, 7) is 2.01. The molecule has 2 aromatic rings. The third-order valence-corrected chi connectivity index (χ3v) is 3.41. The van der Waals surface area contributed by atoms with Gasteiger partial charge in [-0.05, 0) is 23.3 Å². The summed E-state index contributed by atoms with van der Waals surface area (Å²) in [5, 5.41) is 9.29. The predicted molar refractivity (Wildman–Crippen MR) is 60.2 cm³/mol. The topological polar surface area (TPSA) is 75.3 Å². The van der Waals surface area contributed by atoms with Crippen molar-refractivity contribution in [2.24, 2.45) is 0 Å². The van der Waals surface area contributed by atoms with E-state index in [2.05, 4.69) is 19.3 Å². The van der Waals surface area contributed by atoms with Crippen molar-refractivity contribution >= 4 is 23.3 Å². The van der Waals surface area contributed by atoms with Crippen LogP contribution in [-0.4, -0.2) is 19.3 Å². The number of hydrogen-bond acceptors (Lipinski definition) is 7. The molecule has 0 N–H and O–H groups in total. The monoisotopic (exact) mass is 249 g/mol. The van der Waals surface area contributed by atoms with Crippen LogP contribution in [0.25, 0.3) is 0 Å². The molecule has 0 fully saturated rings. The fourth-order valence-electron chi connectivity index (χ4n) is 0.939. The molecule has 0 atom stereocenters. The van der Waals surface area contributed by atoms with Gasteiger partial charge < -0.3 is 0 Å². The van der Waals surface area contributed by atoms with Gasteiger partial charge >= 0.3 is 0 Å². The highest BCUT2D eigenvalue weighted by atomic mass is 32.2. The molecular weight excluding hydrogens is 242 g/mol. The summed E-state index contributed by atoms with van der Waals surface area (Å²) in [5.74, 6) is 0.842. The van der Waals surface area contributed by atoms with Crippen LogP contribution in [0, 0.1) is 11.3 Å². The van der Waals surface area contributed by atoms with Crippen LogP contribution in [0.15, 0.2) is 21.8 Å². The highest BCUT2D eigenvalue weighted by Gasteiger charge is 2.05. The Kier molecular flexibility index (Phi) is 3.44. The summed E-state index contributed by atoms with van der Waals surface area (Å²) in [6, 6.07) is 1.92. The molecule has 0 aromatic carbocycles. The van der Waals surface area contributed by atoms with Crippen LogP contribution < -0.4 is 0 Å². The van der Waals surface area contributed by atoms with Gasteiger partial charge in [0, 0.05) is 6.42 Å². The summed E-state index contributed by atoms with van der Waals surface area (Å²) < 4.78 is 5.02. The van der Waals surface area contributed by atoms with E-state index in [0.717, 1.165) is 21.6 Å². The first-order valence-corrected chi connectivity index (χ1v) is 6.13. The maximum Gasteiger partial charge on any atom is 0.176 e. The minimum absolute atomic E-state index is 0.316. The maximum absolute atomic E-state index is 8.57. The lowest BCUT2D eigenvalue weighted by atomic mass is 10.5. The van der Waals surface area contributed by atoms with E-state index >= 15 is 0 Å². The van der Waals surface area contributed by atoms with E-state index in [1.165, 1.54) is 29.5 Å². The molecule has 0 saturated carbocycles. The average molecular weight is 249 g/mol. The quantitative estimate of drug-likeness (QED) is 0.827. The van der Waals surface area contributed by atoms with Crippen molar-refractivity contribution in [1.82, 2.24) is 19.3 Å². The van der Waals surface area contributed by atoms with E-state index < -0.39 is 0 Å². The van der Waals surface area contributed by atoms with Crippen molar-refractivity contribution in [2.45, 2.75) is 22.7 Å². The highest BCUT2D eigenvalue weighted by Crippen LogP contribution is 2.26. The molecule has 5 nitrogen and oxygen atoms in total. The van der Waals surface area contributed by atoms with Gasteiger partial charge in [-0.25, -0.2) is 15.0 Å². The summed E-state index contributed by atoms with van der Waals surface area (Å²) in [5.41, 5.74) is 0.316. The molecule has 0 spiro atoms. The number of hydrogen-bond donors (Lipinski definition) is 0. The Bertz CT molecular complexity index is 513. The molecule has 0 aliphatic heterocycles. The first-order valence-electron chi connectivity index (χ1n) is 4.54. The molecule has 0 aliphatic rings. The van der Waals surface area contributed by atoms with Gasteiger partial charge in [-0.3, -0.25) is 0 Å². The Balaban J connectivity index is 2.11. The molecule has 0 saturated heterocycles. The van der Waals surface area contributed by atoms with Crippen molar-refractivity contribution in [3.8, 4) is 6.07 Å². The van der Waals surface area contributed by atoms with Gasteiger partial charge in [0.15, 0.2) is 10.0 Å². The second-order valence-corrected chi connectivity index (χ2v) is 4.80. The Morgan fingerprint density at radius 2 is 2.31 bits per heavy atom. The minimum Gasteiger partial charge on any atom is -0.245 e. The number of nitriles is 1. The van der Waals surface area contributed by atoms with E-state index in [0.29, 0.717) is 5.69 Å². The van der Waals surface area contributed by atoms with Gasteiger partial charge in [-0.2, -0.15) is 9.64 Å². The molecule has 0 amide bonds. The maximum atomic E-state index is 8.57. The molecule has 80 valence electrons. The van der Waals surface area contributed by atoms with Crippen molar-refractivity contribution in [1.29, 1.82) is 5.26 Å². The molecule has 2 heterocycles. The third kappa shape index (κ3) is 2.53. The number of nitrogens with zero attached hydrogens (tertiary/aromatic N) is 5. The Hall–Kier alpha value is -1.52. The predicted octanol–water partition coefficient (Wildman–Crippen LogP) is 1.91. The molecule has 0 radical (unpaired) electrons. The van der Waals surface area contributed by atoms with E-state index in [-0.39, 0.29) is 0 Å². The van der Waals surface area contributed by atoms with Crippen LogP contribution in [0.2, 0.25) is 0 Å². The van der Waals surface area contributed by atoms with Gasteiger partial charge in [0.1, 0.15) is 16.9 Å². The zero-order valence-electron chi connectivity index (χ0n) is 8.41. The lowest BCUT2D eigenvalue weighted by molar-refractivity contribution is 0.968. The molecule has 2 rings (SSSR count). The number of rotatable bonds is 3. The zero-order chi connectivity index (χ0) is 11.4. The zero-order valence-corrected chi connectivity index (χ0v) is 10.0. The van der Waals surface area contributed by atoms with Gasteiger partial charge in [0.2, 0.25) is 0 Å². The fourth-order valence-corrected chi connectivity index (χ4v) is 2.50. The molecule has 2 aromatic heterocycles. The third-order valence-electron chi connectivity index (χ3n) is 1.70. The molecule has 0 bridgehead atoms. The normalized spacial score (nSPS) is 10.0. The number of aromatic nitrogens is 4. The van der Waals surface area contributed by atoms with Crippen LogP contribution in [-0.2, 0) is 6.42 Å². The largest absolute Gasteiger partial charge is 0.245 e. The summed E-state index contributed by atoms with van der Waals surface area (Å²) in [6.07, 6.45) is 3.84. The second-order valence-electron chi connectivity index (χ2n) is 2.78. The van der Waals surface area contributed by atoms with Gasteiger partial charge in [-0.15, -0.1) is 0 Å². The van der Waals surface area contributed by atoms with Gasteiger partial charge in [-0.1, -0.05) is 6.92 Å². The molecule has 16 heavy (non-hydrogen) atoms. The lowest BCUT2D eigenvalue weighted by Crippen LogP contribution is -1.86. The van der Waals surface area contributed by atoms with Crippen molar-refractivity contribution < 1.29 is 0 Å².